The number of benzene rings is 1. The lowest BCUT2D eigenvalue weighted by molar-refractivity contribution is -0.148. The number of nitrogens with zero attached hydrogens (tertiary/aromatic N) is 3. The van der Waals surface area contributed by atoms with Gasteiger partial charge in [0.1, 0.15) is 11.8 Å². The Hall–Kier alpha value is -2.78. The Kier molecular flexibility index (Phi) is 10.9. The van der Waals surface area contributed by atoms with E-state index < -0.39 is 28.7 Å². The molecule has 9 heteroatoms. The largest absolute Gasteiger partial charge is 0.494 e. The Morgan fingerprint density at radius 1 is 1.11 bits per heavy atom. The van der Waals surface area contributed by atoms with Crippen LogP contribution in [-0.2, 0) is 14.4 Å². The van der Waals surface area contributed by atoms with Crippen molar-refractivity contribution < 1.29 is 24.2 Å². The van der Waals surface area contributed by atoms with Gasteiger partial charge < -0.3 is 24.5 Å². The minimum atomic E-state index is -0.757. The predicted octanol–water partition coefficient (Wildman–Crippen LogP) is 5.70. The third-order valence-corrected chi connectivity index (χ3v) is 13.3. The zero-order valence-electron chi connectivity index (χ0n) is 28.1. The van der Waals surface area contributed by atoms with E-state index in [2.05, 4.69) is 27.0 Å². The molecule has 1 aromatic rings. The van der Waals surface area contributed by atoms with E-state index in [-0.39, 0.29) is 47.5 Å². The number of aliphatic hydroxyl groups is 1. The van der Waals surface area contributed by atoms with Crippen LogP contribution in [0.1, 0.15) is 72.6 Å². The van der Waals surface area contributed by atoms with E-state index in [0.29, 0.717) is 19.7 Å². The monoisotopic (exact) mass is 651 g/mol. The van der Waals surface area contributed by atoms with Crippen molar-refractivity contribution in [2.24, 2.45) is 23.7 Å². The van der Waals surface area contributed by atoms with Crippen molar-refractivity contribution in [1.29, 1.82) is 0 Å². The smallest absolute Gasteiger partial charge is 0.247 e. The Morgan fingerprint density at radius 3 is 2.37 bits per heavy atom. The number of carbonyl (C=O) groups excluding carboxylic acids is 3. The lowest BCUT2D eigenvalue weighted by atomic mass is 9.65. The second-order valence-electron chi connectivity index (χ2n) is 13.7. The number of hydrogen-bond acceptors (Lipinski definition) is 6. The van der Waals surface area contributed by atoms with Crippen molar-refractivity contribution in [2.75, 3.05) is 31.2 Å². The van der Waals surface area contributed by atoms with E-state index in [1.54, 1.807) is 33.7 Å². The number of fused-ring (bicyclic) bond motifs is 1. The number of aliphatic hydroxyl groups excluding tert-OH is 1. The fraction of sp³-hybridized carbons (Fsp3) is 0.649. The average molecular weight is 652 g/mol. The summed E-state index contributed by atoms with van der Waals surface area (Å²) in [5.74, 6) is -0.804. The van der Waals surface area contributed by atoms with Gasteiger partial charge in [0.25, 0.3) is 0 Å². The van der Waals surface area contributed by atoms with Crippen LogP contribution in [0.25, 0.3) is 0 Å². The molecule has 46 heavy (non-hydrogen) atoms. The van der Waals surface area contributed by atoms with Crippen LogP contribution in [-0.4, -0.2) is 87.1 Å². The zero-order chi connectivity index (χ0) is 33.2. The molecule has 4 fully saturated rings. The molecule has 1 N–H and O–H groups in total. The van der Waals surface area contributed by atoms with Crippen molar-refractivity contribution in [1.82, 2.24) is 9.80 Å². The fourth-order valence-corrected chi connectivity index (χ4v) is 11.2. The summed E-state index contributed by atoms with van der Waals surface area (Å²) in [5.41, 5.74) is 0.723. The highest BCUT2D eigenvalue weighted by atomic mass is 32.2. The van der Waals surface area contributed by atoms with Crippen LogP contribution in [0.4, 0.5) is 5.69 Å². The number of thioether (sulfide) groups is 1. The van der Waals surface area contributed by atoms with Crippen molar-refractivity contribution in [2.45, 2.75) is 101 Å². The summed E-state index contributed by atoms with van der Waals surface area (Å²) in [4.78, 5) is 50.2. The molecule has 1 aliphatic carbocycles. The summed E-state index contributed by atoms with van der Waals surface area (Å²) in [6.07, 6.45) is 10.2. The standard InChI is InChI=1S/C37H53N3O5S/c1-7-20-38(27-16-18-28(19-17-27)45-10-4)34(42)31-30-22-25(6)37(46-30)32(31)35(43)40(29(23-41)24(5)9-3)33(37)36(44)39(21-8-2)26-14-12-11-13-15-26/h7-8,16-19,24-26,29-33,41H,1-2,9-15,20-23H2,3-6H3/t24-,25?,29-,30-,31+,32-,33?,37?/m0/s1. The van der Waals surface area contributed by atoms with Crippen molar-refractivity contribution >= 4 is 35.2 Å². The van der Waals surface area contributed by atoms with Crippen LogP contribution >= 0.6 is 11.8 Å². The molecule has 4 aliphatic rings. The Labute approximate surface area is 279 Å². The van der Waals surface area contributed by atoms with Gasteiger partial charge in [0.15, 0.2) is 0 Å². The molecule has 5 rings (SSSR count). The van der Waals surface area contributed by atoms with Gasteiger partial charge >= 0.3 is 0 Å². The molecule has 1 saturated carbocycles. The van der Waals surface area contributed by atoms with Crippen molar-refractivity contribution in [3.05, 3.63) is 49.6 Å². The molecule has 3 heterocycles. The highest BCUT2D eigenvalue weighted by Crippen LogP contribution is 2.69. The lowest BCUT2D eigenvalue weighted by Crippen LogP contribution is -2.61. The third kappa shape index (κ3) is 5.80. The summed E-state index contributed by atoms with van der Waals surface area (Å²) < 4.78 is 4.87. The number of likely N-dealkylation sites (tertiary alicyclic amines) is 1. The molecule has 3 unspecified atom stereocenters. The number of amides is 3. The number of anilines is 1. The van der Waals surface area contributed by atoms with Gasteiger partial charge in [-0.25, -0.2) is 0 Å². The maximum Gasteiger partial charge on any atom is 0.247 e. The summed E-state index contributed by atoms with van der Waals surface area (Å²) in [6, 6.07) is 6.30. The fourth-order valence-electron chi connectivity index (χ4n) is 8.82. The molecule has 252 valence electrons. The van der Waals surface area contributed by atoms with Gasteiger partial charge in [0, 0.05) is 30.1 Å². The van der Waals surface area contributed by atoms with Gasteiger partial charge in [-0.1, -0.05) is 58.6 Å². The molecule has 3 aliphatic heterocycles. The van der Waals surface area contributed by atoms with Gasteiger partial charge in [0.2, 0.25) is 17.7 Å². The van der Waals surface area contributed by atoms with Crippen molar-refractivity contribution in [3.63, 3.8) is 0 Å². The van der Waals surface area contributed by atoms with Gasteiger partial charge in [-0.15, -0.1) is 24.9 Å². The highest BCUT2D eigenvalue weighted by Gasteiger charge is 2.77. The zero-order valence-corrected chi connectivity index (χ0v) is 28.9. The number of rotatable bonds is 14. The minimum Gasteiger partial charge on any atom is -0.494 e. The van der Waals surface area contributed by atoms with Crippen LogP contribution in [0.15, 0.2) is 49.6 Å². The van der Waals surface area contributed by atoms with E-state index in [1.165, 1.54) is 6.42 Å². The maximum atomic E-state index is 15.1. The Morgan fingerprint density at radius 2 is 1.78 bits per heavy atom. The van der Waals surface area contributed by atoms with Crippen LogP contribution in [0.3, 0.4) is 0 Å². The topological polar surface area (TPSA) is 90.4 Å². The second-order valence-corrected chi connectivity index (χ2v) is 15.2. The first kappa shape index (κ1) is 34.6. The molecular formula is C37H53N3O5S. The first-order chi connectivity index (χ1) is 22.2. The Bertz CT molecular complexity index is 1280. The van der Waals surface area contributed by atoms with E-state index >= 15 is 4.79 Å². The van der Waals surface area contributed by atoms with Gasteiger partial charge in [-0.05, 0) is 62.3 Å². The first-order valence-electron chi connectivity index (χ1n) is 17.4. The minimum absolute atomic E-state index is 0.0187. The molecule has 1 spiro atoms. The average Bonchev–Trinajstić information content (AvgIpc) is 3.67. The molecule has 0 radical (unpaired) electrons. The highest BCUT2D eigenvalue weighted by molar-refractivity contribution is 8.02. The molecule has 8 nitrogen and oxygen atoms in total. The summed E-state index contributed by atoms with van der Waals surface area (Å²) in [6.45, 7) is 17.1. The quantitative estimate of drug-likeness (QED) is 0.260. The normalized spacial score (nSPS) is 30.1. The molecular weight excluding hydrogens is 598 g/mol. The molecule has 3 saturated heterocycles. The summed E-state index contributed by atoms with van der Waals surface area (Å²) in [7, 11) is 0. The number of carbonyl (C=O) groups is 3. The molecule has 0 aromatic heterocycles. The molecule has 2 bridgehead atoms. The van der Waals surface area contributed by atoms with E-state index in [0.717, 1.165) is 50.0 Å². The molecule has 1 aromatic carbocycles. The third-order valence-electron chi connectivity index (χ3n) is 11.2. The van der Waals surface area contributed by atoms with E-state index in [1.807, 2.05) is 43.0 Å². The molecule has 8 atom stereocenters. The van der Waals surface area contributed by atoms with E-state index in [9.17, 15) is 14.7 Å². The summed E-state index contributed by atoms with van der Waals surface area (Å²) >= 11 is 1.70. The van der Waals surface area contributed by atoms with E-state index in [4.69, 9.17) is 4.74 Å². The van der Waals surface area contributed by atoms with Gasteiger partial charge in [-0.2, -0.15) is 0 Å². The Balaban J connectivity index is 1.59. The van der Waals surface area contributed by atoms with Crippen LogP contribution in [0, 0.1) is 23.7 Å². The molecule has 3 amide bonds. The van der Waals surface area contributed by atoms with Crippen LogP contribution in [0.2, 0.25) is 0 Å². The lowest BCUT2D eigenvalue weighted by Gasteiger charge is -2.45. The first-order valence-corrected chi connectivity index (χ1v) is 18.2. The second kappa shape index (κ2) is 14.5. The SMILES string of the molecule is C=CCN(C(=O)[C@@H]1[C@@H]2CC(C)C3(S2)C(C(=O)N(CC=C)C2CCCCC2)N([C@@H](CO)[C@@H](C)CC)C(=O)[C@H]13)c1ccc(OCC)cc1. The van der Waals surface area contributed by atoms with Crippen LogP contribution < -0.4 is 9.64 Å². The summed E-state index contributed by atoms with van der Waals surface area (Å²) in [5, 5.41) is 10.7. The maximum absolute atomic E-state index is 15.1. The number of hydrogen-bond donors (Lipinski definition) is 1. The van der Waals surface area contributed by atoms with Gasteiger partial charge in [0.05, 0.1) is 35.8 Å². The predicted molar refractivity (Wildman–Crippen MR) is 185 cm³/mol. The van der Waals surface area contributed by atoms with Crippen molar-refractivity contribution in [3.8, 4) is 5.75 Å². The number of ether oxygens (including phenoxy) is 1. The van der Waals surface area contributed by atoms with Gasteiger partial charge in [-0.3, -0.25) is 14.4 Å². The van der Waals surface area contributed by atoms with Crippen LogP contribution in [0.5, 0.6) is 5.75 Å².